The summed E-state index contributed by atoms with van der Waals surface area (Å²) in [5.41, 5.74) is 4.88. The zero-order chi connectivity index (χ0) is 21.5. The topological polar surface area (TPSA) is 63.1 Å². The molecule has 5 nitrogen and oxygen atoms in total. The molecule has 7 heteroatoms. The molecular formula is C24H18ClN3O2S. The molecule has 0 bridgehead atoms. The number of benzene rings is 2. The van der Waals surface area contributed by atoms with Gasteiger partial charge >= 0.3 is 0 Å². The summed E-state index contributed by atoms with van der Waals surface area (Å²) in [4.78, 5) is 24.9. The van der Waals surface area contributed by atoms with E-state index in [4.69, 9.17) is 23.8 Å². The molecule has 1 aromatic heterocycles. The summed E-state index contributed by atoms with van der Waals surface area (Å²) in [5.74, 6) is -0.563. The first-order valence-corrected chi connectivity index (χ1v) is 10.8. The van der Waals surface area contributed by atoms with E-state index in [-0.39, 0.29) is 10.7 Å². The first-order chi connectivity index (χ1) is 15.0. The highest BCUT2D eigenvalue weighted by Gasteiger charge is 2.32. The standard InChI is InChI=1S/C24H18ClN3O2S/c25-17-8-10-18(11-9-17)28-20(14-6-7-14)13-16(21(28)15-4-2-1-3-5-15)12-19-22(29)26-24(31)27-23(19)30/h1-5,8-14H,6-7H2,(H2,26,27,29,30,31). The molecule has 2 aromatic carbocycles. The molecule has 2 heterocycles. The Morgan fingerprint density at radius 2 is 1.61 bits per heavy atom. The van der Waals surface area contributed by atoms with Gasteiger partial charge < -0.3 is 4.57 Å². The van der Waals surface area contributed by atoms with Gasteiger partial charge in [0.15, 0.2) is 5.11 Å². The molecule has 2 fully saturated rings. The van der Waals surface area contributed by atoms with E-state index in [0.29, 0.717) is 10.9 Å². The van der Waals surface area contributed by atoms with E-state index >= 15 is 0 Å². The Morgan fingerprint density at radius 3 is 2.23 bits per heavy atom. The number of hydrogen-bond donors (Lipinski definition) is 2. The molecule has 1 aliphatic heterocycles. The van der Waals surface area contributed by atoms with Gasteiger partial charge in [-0.25, -0.2) is 0 Å². The van der Waals surface area contributed by atoms with Gasteiger partial charge in [0.05, 0.1) is 5.69 Å². The molecule has 0 spiro atoms. The second kappa shape index (κ2) is 7.80. The summed E-state index contributed by atoms with van der Waals surface area (Å²) >= 11 is 11.0. The van der Waals surface area contributed by atoms with Crippen LogP contribution in [0, 0.1) is 0 Å². The lowest BCUT2D eigenvalue weighted by molar-refractivity contribution is -0.123. The Bertz CT molecular complexity index is 1220. The average Bonchev–Trinajstić information content (AvgIpc) is 3.53. The molecule has 31 heavy (non-hydrogen) atoms. The minimum Gasteiger partial charge on any atom is -0.313 e. The highest BCUT2D eigenvalue weighted by Crippen LogP contribution is 2.45. The molecule has 2 aliphatic rings. The molecule has 1 saturated heterocycles. The summed E-state index contributed by atoms with van der Waals surface area (Å²) in [5, 5.41) is 5.70. The number of amides is 2. The minimum absolute atomic E-state index is 0.0211. The normalized spacial score (nSPS) is 16.2. The third-order valence-electron chi connectivity index (χ3n) is 5.43. The van der Waals surface area contributed by atoms with Crippen molar-refractivity contribution in [1.82, 2.24) is 15.2 Å². The lowest BCUT2D eigenvalue weighted by Gasteiger charge is -2.17. The molecule has 0 unspecified atom stereocenters. The largest absolute Gasteiger partial charge is 0.313 e. The highest BCUT2D eigenvalue weighted by molar-refractivity contribution is 7.80. The summed E-state index contributed by atoms with van der Waals surface area (Å²) < 4.78 is 2.21. The molecular weight excluding hydrogens is 430 g/mol. The first kappa shape index (κ1) is 19.7. The van der Waals surface area contributed by atoms with Gasteiger partial charge in [-0.2, -0.15) is 0 Å². The van der Waals surface area contributed by atoms with Crippen LogP contribution in [-0.4, -0.2) is 21.5 Å². The second-order valence-corrected chi connectivity index (χ2v) is 8.47. The molecule has 5 rings (SSSR count). The monoisotopic (exact) mass is 447 g/mol. The van der Waals surface area contributed by atoms with Crippen molar-refractivity contribution in [2.45, 2.75) is 18.8 Å². The van der Waals surface area contributed by atoms with Crippen LogP contribution in [0.1, 0.15) is 30.0 Å². The van der Waals surface area contributed by atoms with Gasteiger partial charge in [0.25, 0.3) is 11.8 Å². The van der Waals surface area contributed by atoms with Gasteiger partial charge in [0.2, 0.25) is 0 Å². The van der Waals surface area contributed by atoms with Crippen LogP contribution in [0.2, 0.25) is 5.02 Å². The van der Waals surface area contributed by atoms with Crippen LogP contribution in [-0.2, 0) is 9.59 Å². The van der Waals surface area contributed by atoms with Crippen molar-refractivity contribution in [3.8, 4) is 16.9 Å². The van der Waals surface area contributed by atoms with E-state index in [1.54, 1.807) is 6.08 Å². The molecule has 0 radical (unpaired) electrons. The number of carbonyl (C=O) groups is 2. The van der Waals surface area contributed by atoms with Crippen molar-refractivity contribution >= 4 is 46.8 Å². The van der Waals surface area contributed by atoms with Crippen molar-refractivity contribution in [2.75, 3.05) is 0 Å². The van der Waals surface area contributed by atoms with Crippen molar-refractivity contribution in [1.29, 1.82) is 0 Å². The Labute approximate surface area is 189 Å². The Hall–Kier alpha value is -3.22. The fraction of sp³-hybridized carbons (Fsp3) is 0.125. The predicted molar refractivity (Wildman–Crippen MR) is 125 cm³/mol. The number of aromatic nitrogens is 1. The number of rotatable bonds is 4. The number of carbonyl (C=O) groups excluding carboxylic acids is 2. The molecule has 2 amide bonds. The lowest BCUT2D eigenvalue weighted by atomic mass is 10.0. The van der Waals surface area contributed by atoms with Crippen molar-refractivity contribution in [3.05, 3.63) is 82.5 Å². The average molecular weight is 448 g/mol. The molecule has 3 aromatic rings. The zero-order valence-corrected chi connectivity index (χ0v) is 18.0. The van der Waals surface area contributed by atoms with Crippen LogP contribution in [0.4, 0.5) is 0 Å². The first-order valence-electron chi connectivity index (χ1n) is 9.96. The second-order valence-electron chi connectivity index (χ2n) is 7.62. The van der Waals surface area contributed by atoms with Crippen LogP contribution < -0.4 is 10.6 Å². The summed E-state index contributed by atoms with van der Waals surface area (Å²) in [7, 11) is 0. The maximum Gasteiger partial charge on any atom is 0.263 e. The molecule has 2 N–H and O–H groups in total. The fourth-order valence-corrected chi connectivity index (χ4v) is 4.17. The van der Waals surface area contributed by atoms with Gasteiger partial charge in [-0.15, -0.1) is 0 Å². The van der Waals surface area contributed by atoms with Gasteiger partial charge in [-0.3, -0.25) is 20.2 Å². The van der Waals surface area contributed by atoms with Crippen molar-refractivity contribution in [3.63, 3.8) is 0 Å². The summed E-state index contributed by atoms with van der Waals surface area (Å²) in [6.45, 7) is 0. The number of halogens is 1. The van der Waals surface area contributed by atoms with E-state index in [9.17, 15) is 9.59 Å². The van der Waals surface area contributed by atoms with E-state index < -0.39 is 11.8 Å². The third-order valence-corrected chi connectivity index (χ3v) is 5.89. The molecule has 0 atom stereocenters. The Morgan fingerprint density at radius 1 is 0.968 bits per heavy atom. The van der Waals surface area contributed by atoms with Gasteiger partial charge in [-0.1, -0.05) is 41.9 Å². The smallest absolute Gasteiger partial charge is 0.263 e. The van der Waals surface area contributed by atoms with Crippen LogP contribution in [0.5, 0.6) is 0 Å². The van der Waals surface area contributed by atoms with Gasteiger partial charge in [0, 0.05) is 22.0 Å². The van der Waals surface area contributed by atoms with Crippen molar-refractivity contribution in [2.24, 2.45) is 0 Å². The van der Waals surface area contributed by atoms with Crippen LogP contribution in [0.3, 0.4) is 0 Å². The quantitative estimate of drug-likeness (QED) is 0.349. The van der Waals surface area contributed by atoms with E-state index in [2.05, 4.69) is 21.3 Å². The van der Waals surface area contributed by atoms with Crippen molar-refractivity contribution < 1.29 is 9.59 Å². The Balaban J connectivity index is 1.75. The number of nitrogens with one attached hydrogen (secondary N) is 2. The summed E-state index contributed by atoms with van der Waals surface area (Å²) in [6, 6.07) is 19.7. The third kappa shape index (κ3) is 3.80. The molecule has 154 valence electrons. The lowest BCUT2D eigenvalue weighted by Crippen LogP contribution is -2.51. The SMILES string of the molecule is O=C1NC(=S)NC(=O)C1=Cc1cc(C2CC2)n(-c2ccc(Cl)cc2)c1-c1ccccc1. The highest BCUT2D eigenvalue weighted by atomic mass is 35.5. The number of nitrogens with zero attached hydrogens (tertiary/aromatic N) is 1. The van der Waals surface area contributed by atoms with Gasteiger partial charge in [-0.05, 0) is 72.9 Å². The maximum atomic E-state index is 12.5. The number of thiocarbonyl (C=S) groups is 1. The van der Waals surface area contributed by atoms with E-state index in [1.165, 1.54) is 0 Å². The minimum atomic E-state index is -0.500. The van der Waals surface area contributed by atoms with Crippen LogP contribution >= 0.6 is 23.8 Å². The summed E-state index contributed by atoms with van der Waals surface area (Å²) in [6.07, 6.45) is 3.86. The van der Waals surface area contributed by atoms with Crippen LogP contribution in [0.15, 0.2) is 66.2 Å². The molecule has 1 aliphatic carbocycles. The predicted octanol–water partition coefficient (Wildman–Crippen LogP) is 4.59. The fourth-order valence-electron chi connectivity index (χ4n) is 3.86. The Kier molecular flexibility index (Phi) is 4.96. The van der Waals surface area contributed by atoms with Gasteiger partial charge in [0.1, 0.15) is 5.57 Å². The van der Waals surface area contributed by atoms with Crippen LogP contribution in [0.25, 0.3) is 23.0 Å². The van der Waals surface area contributed by atoms with E-state index in [0.717, 1.165) is 41.0 Å². The van der Waals surface area contributed by atoms with E-state index in [1.807, 2.05) is 54.6 Å². The number of hydrogen-bond acceptors (Lipinski definition) is 3. The zero-order valence-electron chi connectivity index (χ0n) is 16.4. The molecule has 1 saturated carbocycles. The maximum absolute atomic E-state index is 12.5.